The average Bonchev–Trinajstić information content (AvgIpc) is 2.89. The van der Waals surface area contributed by atoms with E-state index in [1.54, 1.807) is 0 Å². The number of aromatic carboxylic acids is 1. The van der Waals surface area contributed by atoms with Crippen LogP contribution in [0.3, 0.4) is 0 Å². The first-order valence-corrected chi connectivity index (χ1v) is 9.15. The molecule has 1 aromatic heterocycles. The summed E-state index contributed by atoms with van der Waals surface area (Å²) in [6, 6.07) is 1.28. The maximum Gasteiger partial charge on any atom is 0.347 e. The van der Waals surface area contributed by atoms with E-state index >= 15 is 0 Å². The van der Waals surface area contributed by atoms with Crippen molar-refractivity contribution in [3.8, 4) is 0 Å². The summed E-state index contributed by atoms with van der Waals surface area (Å²) < 4.78 is 27.5. The van der Waals surface area contributed by atoms with Gasteiger partial charge in [0.2, 0.25) is 10.0 Å². The van der Waals surface area contributed by atoms with Gasteiger partial charge in [-0.05, 0) is 30.2 Å². The van der Waals surface area contributed by atoms with Crippen molar-refractivity contribution in [1.82, 2.24) is 4.72 Å². The van der Waals surface area contributed by atoms with Crippen LogP contribution in [0.1, 0.15) is 48.7 Å². The van der Waals surface area contributed by atoms with Gasteiger partial charge in [-0.1, -0.05) is 26.2 Å². The van der Waals surface area contributed by atoms with Crippen molar-refractivity contribution in [2.45, 2.75) is 50.0 Å². The van der Waals surface area contributed by atoms with Crippen molar-refractivity contribution in [3.05, 3.63) is 16.3 Å². The van der Waals surface area contributed by atoms with Crippen LogP contribution in [0.4, 0.5) is 0 Å². The van der Waals surface area contributed by atoms with Crippen LogP contribution in [0.5, 0.6) is 0 Å². The third-order valence-corrected chi connectivity index (χ3v) is 6.42. The van der Waals surface area contributed by atoms with Crippen LogP contribution in [0.2, 0.25) is 0 Å². The molecule has 0 bridgehead atoms. The normalized spacial score (nSPS) is 23.6. The van der Waals surface area contributed by atoms with E-state index in [2.05, 4.69) is 11.6 Å². The Morgan fingerprint density at radius 2 is 2.15 bits per heavy atom. The van der Waals surface area contributed by atoms with Crippen LogP contribution in [-0.4, -0.2) is 25.5 Å². The minimum absolute atomic E-state index is 0.0831. The van der Waals surface area contributed by atoms with Crippen LogP contribution < -0.4 is 4.72 Å². The number of carboxylic acids is 1. The minimum atomic E-state index is -3.76. The van der Waals surface area contributed by atoms with Crippen molar-refractivity contribution in [2.24, 2.45) is 5.92 Å². The lowest BCUT2D eigenvalue weighted by Crippen LogP contribution is -2.42. The fourth-order valence-corrected chi connectivity index (χ4v) is 5.38. The molecule has 2 atom stereocenters. The van der Waals surface area contributed by atoms with Gasteiger partial charge < -0.3 is 5.11 Å². The molecule has 1 saturated carbocycles. The molecule has 1 aromatic rings. The molecular formula is C13H19NO4S2. The first kappa shape index (κ1) is 15.5. The number of hydrogen-bond acceptors (Lipinski definition) is 4. The summed E-state index contributed by atoms with van der Waals surface area (Å²) in [7, 11) is -3.76. The fraction of sp³-hybridized carbons (Fsp3) is 0.615. The Balaban J connectivity index is 2.22. The lowest BCUT2D eigenvalue weighted by molar-refractivity contribution is 0.0698. The molecule has 0 aliphatic heterocycles. The van der Waals surface area contributed by atoms with Gasteiger partial charge in [-0.2, -0.15) is 0 Å². The lowest BCUT2D eigenvalue weighted by atomic mass is 9.83. The highest BCUT2D eigenvalue weighted by atomic mass is 32.2. The Bertz CT molecular complexity index is 579. The van der Waals surface area contributed by atoms with Gasteiger partial charge in [0.1, 0.15) is 9.77 Å². The molecule has 0 aromatic carbocycles. The molecule has 112 valence electrons. The first-order valence-electron chi connectivity index (χ1n) is 6.79. The maximum absolute atomic E-state index is 12.4. The average molecular weight is 317 g/mol. The van der Waals surface area contributed by atoms with Crippen molar-refractivity contribution in [3.63, 3.8) is 0 Å². The van der Waals surface area contributed by atoms with Crippen LogP contribution in [0.15, 0.2) is 16.3 Å². The molecular weight excluding hydrogens is 298 g/mol. The van der Waals surface area contributed by atoms with E-state index in [0.717, 1.165) is 43.4 Å². The Morgan fingerprint density at radius 1 is 1.45 bits per heavy atom. The zero-order valence-electron chi connectivity index (χ0n) is 11.3. The molecule has 1 aliphatic rings. The highest BCUT2D eigenvalue weighted by Crippen LogP contribution is 2.29. The summed E-state index contributed by atoms with van der Waals surface area (Å²) >= 11 is 0.934. The van der Waals surface area contributed by atoms with Gasteiger partial charge in [0.15, 0.2) is 0 Å². The predicted molar refractivity (Wildman–Crippen MR) is 77.6 cm³/mol. The summed E-state index contributed by atoms with van der Waals surface area (Å²) in [4.78, 5) is 10.8. The number of nitrogens with one attached hydrogen (secondary N) is 1. The van der Waals surface area contributed by atoms with Crippen molar-refractivity contribution in [2.75, 3.05) is 0 Å². The van der Waals surface area contributed by atoms with Crippen LogP contribution in [0.25, 0.3) is 0 Å². The Hall–Kier alpha value is -0.920. The second-order valence-corrected chi connectivity index (χ2v) is 7.70. The Kier molecular flexibility index (Phi) is 4.82. The second-order valence-electron chi connectivity index (χ2n) is 5.10. The number of rotatable bonds is 5. The van der Waals surface area contributed by atoms with Gasteiger partial charge >= 0.3 is 5.97 Å². The van der Waals surface area contributed by atoms with Crippen LogP contribution in [-0.2, 0) is 10.0 Å². The van der Waals surface area contributed by atoms with E-state index in [9.17, 15) is 13.2 Å². The number of thiophene rings is 1. The molecule has 1 fully saturated rings. The molecule has 5 nitrogen and oxygen atoms in total. The Labute approximate surface area is 123 Å². The smallest absolute Gasteiger partial charge is 0.347 e. The SMILES string of the molecule is CCC1CCCCC1NS(=O)(=O)c1ccsc1C(=O)O. The van der Waals surface area contributed by atoms with E-state index in [1.807, 2.05) is 0 Å². The van der Waals surface area contributed by atoms with Gasteiger partial charge in [-0.15, -0.1) is 11.3 Å². The molecule has 2 rings (SSSR count). The topological polar surface area (TPSA) is 83.5 Å². The molecule has 2 N–H and O–H groups in total. The van der Waals surface area contributed by atoms with Crippen molar-refractivity contribution < 1.29 is 18.3 Å². The van der Waals surface area contributed by atoms with Crippen LogP contribution >= 0.6 is 11.3 Å². The van der Waals surface area contributed by atoms with Crippen molar-refractivity contribution >= 4 is 27.3 Å². The van der Waals surface area contributed by atoms with Gasteiger partial charge in [-0.3, -0.25) is 0 Å². The molecule has 0 spiro atoms. The monoisotopic (exact) mass is 317 g/mol. The number of sulfonamides is 1. The highest BCUT2D eigenvalue weighted by molar-refractivity contribution is 7.89. The third kappa shape index (κ3) is 3.21. The summed E-state index contributed by atoms with van der Waals surface area (Å²) in [5.74, 6) is -0.860. The zero-order chi connectivity index (χ0) is 14.8. The standard InChI is InChI=1S/C13H19NO4S2/c1-2-9-5-3-4-6-10(9)14-20(17,18)11-7-8-19-12(11)13(15)16/h7-10,14H,2-6H2,1H3,(H,15,16). The van der Waals surface area contributed by atoms with E-state index in [-0.39, 0.29) is 15.8 Å². The van der Waals surface area contributed by atoms with E-state index in [1.165, 1.54) is 11.4 Å². The van der Waals surface area contributed by atoms with E-state index in [4.69, 9.17) is 5.11 Å². The fourth-order valence-electron chi connectivity index (χ4n) is 2.78. The zero-order valence-corrected chi connectivity index (χ0v) is 13.0. The quantitative estimate of drug-likeness (QED) is 0.874. The number of carboxylic acid groups (broad SMARTS) is 1. The third-order valence-electron chi connectivity index (χ3n) is 3.85. The lowest BCUT2D eigenvalue weighted by Gasteiger charge is -2.31. The van der Waals surface area contributed by atoms with Gasteiger partial charge in [0.25, 0.3) is 0 Å². The summed E-state index contributed by atoms with van der Waals surface area (Å²) in [6.07, 6.45) is 4.93. The molecule has 7 heteroatoms. The number of hydrogen-bond donors (Lipinski definition) is 2. The molecule has 0 saturated heterocycles. The van der Waals surface area contributed by atoms with E-state index in [0.29, 0.717) is 5.92 Å². The molecule has 0 amide bonds. The van der Waals surface area contributed by atoms with E-state index < -0.39 is 16.0 Å². The van der Waals surface area contributed by atoms with Gasteiger partial charge in [-0.25, -0.2) is 17.9 Å². The first-order chi connectivity index (χ1) is 9.45. The molecule has 20 heavy (non-hydrogen) atoms. The predicted octanol–water partition coefficient (Wildman–Crippen LogP) is 2.69. The molecule has 1 heterocycles. The molecule has 1 aliphatic carbocycles. The summed E-state index contributed by atoms with van der Waals surface area (Å²) in [5, 5.41) is 10.5. The largest absolute Gasteiger partial charge is 0.477 e. The second kappa shape index (κ2) is 6.24. The highest BCUT2D eigenvalue weighted by Gasteiger charge is 2.31. The number of carbonyl (C=O) groups is 1. The molecule has 0 radical (unpaired) electrons. The van der Waals surface area contributed by atoms with Crippen LogP contribution in [0, 0.1) is 5.92 Å². The minimum Gasteiger partial charge on any atom is -0.477 e. The van der Waals surface area contributed by atoms with Crippen molar-refractivity contribution in [1.29, 1.82) is 0 Å². The Morgan fingerprint density at radius 3 is 2.80 bits per heavy atom. The molecule has 2 unspecified atom stereocenters. The summed E-state index contributed by atoms with van der Waals surface area (Å²) in [6.45, 7) is 2.06. The van der Waals surface area contributed by atoms with Gasteiger partial charge in [0.05, 0.1) is 0 Å². The maximum atomic E-state index is 12.4. The van der Waals surface area contributed by atoms with Gasteiger partial charge in [0, 0.05) is 6.04 Å². The summed E-state index contributed by atoms with van der Waals surface area (Å²) in [5.41, 5.74) is 0.